The third-order valence-corrected chi connectivity index (χ3v) is 10.7. The number of nitrogens with zero attached hydrogens (tertiary/aromatic N) is 3. The SMILES string of the molecule is Cc1cccc(N2CCN(CC(=O)N3CCC4(CC3)Oc3ccc(cc3)OCCNC(=O)[C@H](C)NC(=O)[C@H](CO)NC(=O)[C@@H](Cc3ccccc3)NC4=O)CC2)c1. The zero-order valence-corrected chi connectivity index (χ0v) is 32.6. The summed E-state index contributed by atoms with van der Waals surface area (Å²) in [6, 6.07) is 20.7. The van der Waals surface area contributed by atoms with Crippen molar-refractivity contribution in [1.82, 2.24) is 31.1 Å². The van der Waals surface area contributed by atoms with Gasteiger partial charge in [0.15, 0.2) is 5.60 Å². The smallest absolute Gasteiger partial charge is 0.265 e. The van der Waals surface area contributed by atoms with Crippen LogP contribution in [0.2, 0.25) is 0 Å². The van der Waals surface area contributed by atoms with Gasteiger partial charge in [0.1, 0.15) is 36.2 Å². The molecule has 0 aliphatic carbocycles. The highest BCUT2D eigenvalue weighted by atomic mass is 16.5. The van der Waals surface area contributed by atoms with Crippen molar-refractivity contribution in [2.45, 2.75) is 56.8 Å². The lowest BCUT2D eigenvalue weighted by Crippen LogP contribution is -2.63. The predicted octanol–water partition coefficient (Wildman–Crippen LogP) is 0.775. The normalized spacial score (nSPS) is 22.7. The topological polar surface area (TPSA) is 182 Å². The van der Waals surface area contributed by atoms with Crippen molar-refractivity contribution >= 4 is 35.2 Å². The molecule has 0 aromatic heterocycles. The van der Waals surface area contributed by atoms with Crippen LogP contribution in [0.15, 0.2) is 78.9 Å². The molecule has 2 bridgehead atoms. The average Bonchev–Trinajstić information content (AvgIpc) is 3.22. The van der Waals surface area contributed by atoms with E-state index in [4.69, 9.17) is 9.47 Å². The van der Waals surface area contributed by atoms with Gasteiger partial charge in [0.05, 0.1) is 19.7 Å². The summed E-state index contributed by atoms with van der Waals surface area (Å²) in [4.78, 5) is 74.1. The number of amides is 5. The molecular formula is C42H53N7O8. The van der Waals surface area contributed by atoms with Gasteiger partial charge in [0, 0.05) is 64.2 Å². The molecule has 304 valence electrons. The lowest BCUT2D eigenvalue weighted by Gasteiger charge is -2.42. The number of anilines is 1. The number of aryl methyl sites for hydroxylation is 1. The van der Waals surface area contributed by atoms with Gasteiger partial charge in [-0.15, -0.1) is 0 Å². The van der Waals surface area contributed by atoms with Crippen LogP contribution in [-0.4, -0.2) is 134 Å². The molecule has 4 aliphatic rings. The van der Waals surface area contributed by atoms with Gasteiger partial charge in [-0.1, -0.05) is 42.5 Å². The van der Waals surface area contributed by atoms with E-state index in [9.17, 15) is 29.1 Å². The number of likely N-dealkylation sites (tertiary alicyclic amines) is 1. The molecule has 1 spiro atoms. The summed E-state index contributed by atoms with van der Waals surface area (Å²) in [5.41, 5.74) is 1.68. The monoisotopic (exact) mass is 783 g/mol. The molecule has 0 saturated carbocycles. The van der Waals surface area contributed by atoms with Crippen LogP contribution in [0.1, 0.15) is 30.9 Å². The quantitative estimate of drug-likeness (QED) is 0.224. The number of piperazine rings is 1. The molecule has 0 radical (unpaired) electrons. The van der Waals surface area contributed by atoms with Gasteiger partial charge in [0.25, 0.3) is 5.91 Å². The van der Waals surface area contributed by atoms with Gasteiger partial charge in [0.2, 0.25) is 23.6 Å². The van der Waals surface area contributed by atoms with Crippen molar-refractivity contribution in [1.29, 1.82) is 0 Å². The van der Waals surface area contributed by atoms with Crippen LogP contribution in [0.4, 0.5) is 5.69 Å². The summed E-state index contributed by atoms with van der Waals surface area (Å²) in [6.45, 7) is 7.01. The number of carbonyl (C=O) groups is 5. The maximum Gasteiger partial charge on any atom is 0.265 e. The molecule has 4 aliphatic heterocycles. The van der Waals surface area contributed by atoms with Crippen LogP contribution < -0.4 is 35.6 Å². The van der Waals surface area contributed by atoms with Gasteiger partial charge in [-0.2, -0.15) is 0 Å². The van der Waals surface area contributed by atoms with E-state index in [1.807, 2.05) is 30.3 Å². The number of aliphatic hydroxyl groups excluding tert-OH is 1. The zero-order valence-electron chi connectivity index (χ0n) is 32.6. The van der Waals surface area contributed by atoms with Crippen molar-refractivity contribution in [3.63, 3.8) is 0 Å². The lowest BCUT2D eigenvalue weighted by atomic mass is 9.89. The molecule has 5 amide bonds. The minimum Gasteiger partial charge on any atom is -0.492 e. The molecule has 2 saturated heterocycles. The second-order valence-corrected chi connectivity index (χ2v) is 14.9. The maximum atomic E-state index is 14.5. The van der Waals surface area contributed by atoms with Gasteiger partial charge in [-0.05, 0) is 61.4 Å². The van der Waals surface area contributed by atoms with Gasteiger partial charge in [-0.3, -0.25) is 28.9 Å². The molecule has 15 nitrogen and oxygen atoms in total. The van der Waals surface area contributed by atoms with Crippen LogP contribution in [-0.2, 0) is 30.4 Å². The molecule has 3 aromatic carbocycles. The van der Waals surface area contributed by atoms with Crippen molar-refractivity contribution in [3.8, 4) is 11.5 Å². The van der Waals surface area contributed by atoms with Crippen molar-refractivity contribution in [2.24, 2.45) is 0 Å². The number of hydrogen-bond acceptors (Lipinski definition) is 10. The third-order valence-electron chi connectivity index (χ3n) is 10.7. The Morgan fingerprint density at radius 2 is 1.47 bits per heavy atom. The van der Waals surface area contributed by atoms with E-state index in [2.05, 4.69) is 62.3 Å². The first-order valence-electron chi connectivity index (χ1n) is 19.6. The van der Waals surface area contributed by atoms with E-state index in [-0.39, 0.29) is 58.0 Å². The highest BCUT2D eigenvalue weighted by Crippen LogP contribution is 2.31. The Kier molecular flexibility index (Phi) is 13.6. The summed E-state index contributed by atoms with van der Waals surface area (Å²) >= 11 is 0. The predicted molar refractivity (Wildman–Crippen MR) is 213 cm³/mol. The Morgan fingerprint density at radius 1 is 0.789 bits per heavy atom. The summed E-state index contributed by atoms with van der Waals surface area (Å²) in [5, 5.41) is 20.8. The summed E-state index contributed by atoms with van der Waals surface area (Å²) in [7, 11) is 0. The van der Waals surface area contributed by atoms with Crippen molar-refractivity contribution < 1.29 is 38.6 Å². The molecule has 57 heavy (non-hydrogen) atoms. The summed E-state index contributed by atoms with van der Waals surface area (Å²) in [5.74, 6) is -1.63. The van der Waals surface area contributed by atoms with Crippen molar-refractivity contribution in [3.05, 3.63) is 90.0 Å². The Bertz CT molecular complexity index is 1860. The molecule has 4 heterocycles. The first-order chi connectivity index (χ1) is 27.5. The average molecular weight is 784 g/mol. The van der Waals surface area contributed by atoms with E-state index < -0.39 is 54.0 Å². The highest BCUT2D eigenvalue weighted by Gasteiger charge is 2.46. The fraction of sp³-hybridized carbons (Fsp3) is 0.452. The number of carbonyl (C=O) groups excluding carboxylic acids is 5. The second kappa shape index (κ2) is 19.0. The van der Waals surface area contributed by atoms with E-state index in [1.54, 1.807) is 29.2 Å². The van der Waals surface area contributed by atoms with E-state index in [0.717, 1.165) is 31.7 Å². The number of hydrogen-bond donors (Lipinski definition) is 5. The fourth-order valence-electron chi connectivity index (χ4n) is 7.29. The minimum atomic E-state index is -1.46. The molecule has 5 N–H and O–H groups in total. The van der Waals surface area contributed by atoms with E-state index >= 15 is 0 Å². The zero-order chi connectivity index (χ0) is 40.4. The Morgan fingerprint density at radius 3 is 2.16 bits per heavy atom. The van der Waals surface area contributed by atoms with Gasteiger partial charge < -0.3 is 45.6 Å². The molecule has 3 aromatic rings. The van der Waals surface area contributed by atoms with Crippen LogP contribution >= 0.6 is 0 Å². The largest absolute Gasteiger partial charge is 0.492 e. The third kappa shape index (κ3) is 10.8. The van der Waals surface area contributed by atoms with Crippen LogP contribution in [0.25, 0.3) is 0 Å². The number of benzene rings is 3. The molecule has 7 rings (SSSR count). The van der Waals surface area contributed by atoms with Crippen LogP contribution in [0.5, 0.6) is 11.5 Å². The standard InChI is InChI=1S/C42H53N7O8/c1-29-7-6-10-32(25-29)48-22-20-47(21-23-48)27-37(51)49-18-15-42(16-19-49)41(55)46-35(26-31-8-4-3-5-9-31)39(53)45-36(28-50)40(54)44-30(2)38(52)43-17-24-56-33-11-13-34(57-42)14-12-33/h3-14,25,30,35-36,50H,15-24,26-28H2,1-2H3,(H,43,52)(H,44,54)(H,45,53)(H,46,55)/t30-,35+,36-/m0/s1. The van der Waals surface area contributed by atoms with E-state index in [1.165, 1.54) is 18.2 Å². The Hall–Kier alpha value is -5.67. The number of piperidine rings is 1. The van der Waals surface area contributed by atoms with Gasteiger partial charge >= 0.3 is 0 Å². The fourth-order valence-corrected chi connectivity index (χ4v) is 7.29. The number of fused-ring (bicyclic) bond motifs is 15. The molecular weight excluding hydrogens is 731 g/mol. The van der Waals surface area contributed by atoms with E-state index in [0.29, 0.717) is 11.5 Å². The lowest BCUT2D eigenvalue weighted by molar-refractivity contribution is -0.148. The summed E-state index contributed by atoms with van der Waals surface area (Å²) < 4.78 is 12.3. The van der Waals surface area contributed by atoms with Crippen molar-refractivity contribution in [2.75, 3.05) is 70.5 Å². The maximum absolute atomic E-state index is 14.5. The number of aliphatic hydroxyl groups is 1. The number of nitrogens with one attached hydrogen (secondary N) is 4. The Labute approximate surface area is 333 Å². The highest BCUT2D eigenvalue weighted by molar-refractivity contribution is 5.95. The Balaban J connectivity index is 1.19. The first-order valence-corrected chi connectivity index (χ1v) is 19.6. The molecule has 15 heteroatoms. The van der Waals surface area contributed by atoms with Gasteiger partial charge in [-0.25, -0.2) is 0 Å². The first kappa shape index (κ1) is 41.0. The number of ether oxygens (including phenoxy) is 2. The molecule has 3 atom stereocenters. The van der Waals surface area contributed by atoms with Crippen LogP contribution in [0.3, 0.4) is 0 Å². The second-order valence-electron chi connectivity index (χ2n) is 14.9. The molecule has 2 fully saturated rings. The van der Waals surface area contributed by atoms with Crippen LogP contribution in [0, 0.1) is 6.92 Å². The minimum absolute atomic E-state index is 0.0252. The number of rotatable bonds is 6. The summed E-state index contributed by atoms with van der Waals surface area (Å²) in [6.07, 6.45) is 0.382. The molecule has 0 unspecified atom stereocenters.